The second-order valence-electron chi connectivity index (χ2n) is 3.11. The molecule has 1 heterocycles. The van der Waals surface area contributed by atoms with Crippen molar-refractivity contribution in [2.24, 2.45) is 0 Å². The fourth-order valence-corrected chi connectivity index (χ4v) is 1.49. The monoisotopic (exact) mass is 202 g/mol. The van der Waals surface area contributed by atoms with Crippen LogP contribution in [0.4, 0.5) is 4.79 Å². The number of thiol groups is 1. The van der Waals surface area contributed by atoms with Gasteiger partial charge < -0.3 is 4.90 Å². The zero-order valence-corrected chi connectivity index (χ0v) is 8.59. The highest BCUT2D eigenvalue weighted by molar-refractivity contribution is 7.80. The molecule has 0 aromatic heterocycles. The molecule has 1 fully saturated rings. The number of nitrogens with zero attached hydrogens (tertiary/aromatic N) is 2. The molecule has 5 heteroatoms. The first kappa shape index (κ1) is 10.4. The average molecular weight is 202 g/mol. The third-order valence-corrected chi connectivity index (χ3v) is 2.34. The molecular formula is C8H14N2O2S. The molecule has 0 N–H and O–H groups in total. The number of carbonyl (C=O) groups is 2. The predicted molar refractivity (Wildman–Crippen MR) is 52.8 cm³/mol. The van der Waals surface area contributed by atoms with Crippen molar-refractivity contribution < 1.29 is 9.59 Å². The van der Waals surface area contributed by atoms with E-state index in [-0.39, 0.29) is 18.5 Å². The summed E-state index contributed by atoms with van der Waals surface area (Å²) in [5.41, 5.74) is 0. The van der Waals surface area contributed by atoms with E-state index in [9.17, 15) is 9.59 Å². The van der Waals surface area contributed by atoms with Crippen LogP contribution in [0.1, 0.15) is 12.8 Å². The van der Waals surface area contributed by atoms with Gasteiger partial charge in [0, 0.05) is 13.6 Å². The molecule has 0 unspecified atom stereocenters. The molecule has 1 rings (SSSR count). The number of unbranched alkanes of at least 4 members (excludes halogenated alkanes) is 1. The summed E-state index contributed by atoms with van der Waals surface area (Å²) in [6, 6.07) is -0.177. The van der Waals surface area contributed by atoms with Gasteiger partial charge in [-0.2, -0.15) is 12.6 Å². The van der Waals surface area contributed by atoms with Crippen molar-refractivity contribution in [3.63, 3.8) is 0 Å². The number of amides is 3. The highest BCUT2D eigenvalue weighted by Gasteiger charge is 2.32. The lowest BCUT2D eigenvalue weighted by Crippen LogP contribution is -2.32. The summed E-state index contributed by atoms with van der Waals surface area (Å²) >= 11 is 4.06. The Morgan fingerprint density at radius 2 is 2.08 bits per heavy atom. The third-order valence-electron chi connectivity index (χ3n) is 2.02. The van der Waals surface area contributed by atoms with Crippen LogP contribution in [-0.4, -0.2) is 47.6 Å². The molecule has 3 amide bonds. The first-order valence-electron chi connectivity index (χ1n) is 4.33. The van der Waals surface area contributed by atoms with Gasteiger partial charge in [-0.3, -0.25) is 9.69 Å². The number of carbonyl (C=O) groups excluding carboxylic acids is 2. The highest BCUT2D eigenvalue weighted by atomic mass is 32.1. The maximum absolute atomic E-state index is 11.3. The first-order chi connectivity index (χ1) is 6.16. The van der Waals surface area contributed by atoms with E-state index in [4.69, 9.17) is 0 Å². The minimum absolute atomic E-state index is 0.0911. The van der Waals surface area contributed by atoms with E-state index < -0.39 is 0 Å². The molecule has 0 bridgehead atoms. The van der Waals surface area contributed by atoms with Crippen LogP contribution in [0.15, 0.2) is 0 Å². The molecule has 0 aromatic carbocycles. The lowest BCUT2D eigenvalue weighted by molar-refractivity contribution is -0.125. The van der Waals surface area contributed by atoms with Gasteiger partial charge >= 0.3 is 6.03 Å². The van der Waals surface area contributed by atoms with E-state index in [2.05, 4.69) is 12.6 Å². The quantitative estimate of drug-likeness (QED) is 0.412. The van der Waals surface area contributed by atoms with Gasteiger partial charge in [-0.1, -0.05) is 0 Å². The molecule has 1 aliphatic rings. The van der Waals surface area contributed by atoms with Crippen molar-refractivity contribution in [1.29, 1.82) is 0 Å². The highest BCUT2D eigenvalue weighted by Crippen LogP contribution is 2.08. The normalized spacial score (nSPS) is 17.4. The largest absolute Gasteiger partial charge is 0.326 e. The molecule has 74 valence electrons. The van der Waals surface area contributed by atoms with Crippen LogP contribution in [0, 0.1) is 0 Å². The molecule has 0 aliphatic carbocycles. The van der Waals surface area contributed by atoms with Gasteiger partial charge in [-0.15, -0.1) is 0 Å². The Hall–Kier alpha value is -0.710. The molecular weight excluding hydrogens is 188 g/mol. The maximum Gasteiger partial charge on any atom is 0.326 e. The smallest absolute Gasteiger partial charge is 0.318 e. The Balaban J connectivity index is 2.40. The summed E-state index contributed by atoms with van der Waals surface area (Å²) in [5, 5.41) is 0. The number of likely N-dealkylation sites (N-methyl/N-ethyl adjacent to an activating group) is 1. The first-order valence-corrected chi connectivity index (χ1v) is 4.96. The van der Waals surface area contributed by atoms with Crippen molar-refractivity contribution >= 4 is 24.6 Å². The summed E-state index contributed by atoms with van der Waals surface area (Å²) < 4.78 is 0. The molecule has 0 radical (unpaired) electrons. The Morgan fingerprint density at radius 1 is 1.38 bits per heavy atom. The molecule has 0 spiro atoms. The van der Waals surface area contributed by atoms with Crippen LogP contribution < -0.4 is 0 Å². The second kappa shape index (κ2) is 4.50. The van der Waals surface area contributed by atoms with Gasteiger partial charge in [0.05, 0.1) is 0 Å². The zero-order valence-electron chi connectivity index (χ0n) is 7.69. The topological polar surface area (TPSA) is 40.6 Å². The van der Waals surface area contributed by atoms with Gasteiger partial charge in [0.25, 0.3) is 0 Å². The van der Waals surface area contributed by atoms with E-state index in [1.54, 1.807) is 7.05 Å². The van der Waals surface area contributed by atoms with Crippen molar-refractivity contribution in [1.82, 2.24) is 9.80 Å². The lowest BCUT2D eigenvalue weighted by atomic mass is 10.3. The number of rotatable bonds is 4. The van der Waals surface area contributed by atoms with Crippen molar-refractivity contribution in [2.75, 3.05) is 25.9 Å². The van der Waals surface area contributed by atoms with Crippen LogP contribution in [0.5, 0.6) is 0 Å². The van der Waals surface area contributed by atoms with E-state index in [1.165, 1.54) is 9.80 Å². The minimum Gasteiger partial charge on any atom is -0.318 e. The Bertz CT molecular complexity index is 220. The van der Waals surface area contributed by atoms with Gasteiger partial charge in [-0.05, 0) is 18.6 Å². The van der Waals surface area contributed by atoms with E-state index in [1.807, 2.05) is 0 Å². The molecule has 0 atom stereocenters. The van der Waals surface area contributed by atoms with Crippen molar-refractivity contribution in [3.8, 4) is 0 Å². The number of hydrogen-bond acceptors (Lipinski definition) is 3. The van der Waals surface area contributed by atoms with Crippen molar-refractivity contribution in [3.05, 3.63) is 0 Å². The minimum atomic E-state index is -0.177. The fraction of sp³-hybridized carbons (Fsp3) is 0.750. The van der Waals surface area contributed by atoms with Crippen LogP contribution in [0.3, 0.4) is 0 Å². The number of urea groups is 1. The van der Waals surface area contributed by atoms with E-state index >= 15 is 0 Å². The molecule has 0 aromatic rings. The summed E-state index contributed by atoms with van der Waals surface area (Å²) in [5.74, 6) is 0.707. The maximum atomic E-state index is 11.3. The molecule has 4 nitrogen and oxygen atoms in total. The molecule has 1 saturated heterocycles. The number of imide groups is 1. The second-order valence-corrected chi connectivity index (χ2v) is 3.56. The summed E-state index contributed by atoms with van der Waals surface area (Å²) in [4.78, 5) is 25.3. The summed E-state index contributed by atoms with van der Waals surface area (Å²) in [6.07, 6.45) is 1.78. The molecule has 13 heavy (non-hydrogen) atoms. The Morgan fingerprint density at radius 3 is 2.54 bits per heavy atom. The SMILES string of the molecule is CN1CC(=O)N(CCCCS)C1=O. The van der Waals surface area contributed by atoms with Gasteiger partial charge in [0.1, 0.15) is 6.54 Å². The molecule has 1 aliphatic heterocycles. The van der Waals surface area contributed by atoms with E-state index in [0.29, 0.717) is 6.54 Å². The molecule has 0 saturated carbocycles. The third kappa shape index (κ3) is 2.37. The van der Waals surface area contributed by atoms with Crippen molar-refractivity contribution in [2.45, 2.75) is 12.8 Å². The van der Waals surface area contributed by atoms with Crippen LogP contribution >= 0.6 is 12.6 Å². The Kier molecular flexibility index (Phi) is 3.59. The van der Waals surface area contributed by atoms with Gasteiger partial charge in [0.2, 0.25) is 5.91 Å². The summed E-state index contributed by atoms with van der Waals surface area (Å²) in [7, 11) is 1.64. The van der Waals surface area contributed by atoms with Crippen LogP contribution in [-0.2, 0) is 4.79 Å². The van der Waals surface area contributed by atoms with Gasteiger partial charge in [0.15, 0.2) is 0 Å². The lowest BCUT2D eigenvalue weighted by Gasteiger charge is -2.13. The fourth-order valence-electron chi connectivity index (χ4n) is 1.27. The van der Waals surface area contributed by atoms with Crippen LogP contribution in [0.2, 0.25) is 0 Å². The zero-order chi connectivity index (χ0) is 9.84. The predicted octanol–water partition coefficient (Wildman–Crippen LogP) is 0.590. The van der Waals surface area contributed by atoms with Gasteiger partial charge in [-0.25, -0.2) is 4.79 Å². The van der Waals surface area contributed by atoms with Crippen LogP contribution in [0.25, 0.3) is 0 Å². The standard InChI is InChI=1S/C8H14N2O2S/c1-9-6-7(11)10(8(9)12)4-2-3-5-13/h13H,2-6H2,1H3. The Labute approximate surface area is 83.3 Å². The average Bonchev–Trinajstić information content (AvgIpc) is 2.32. The van der Waals surface area contributed by atoms with E-state index in [0.717, 1.165) is 18.6 Å². The number of hydrogen-bond donors (Lipinski definition) is 1. The summed E-state index contributed by atoms with van der Waals surface area (Å²) in [6.45, 7) is 0.752.